The van der Waals surface area contributed by atoms with Crippen LogP contribution >= 0.6 is 12.6 Å². The van der Waals surface area contributed by atoms with Crippen molar-refractivity contribution < 1.29 is 1.37 Å². The molecule has 0 bridgehead atoms. The lowest BCUT2D eigenvalue weighted by atomic mass is 10.1. The highest BCUT2D eigenvalue weighted by Gasteiger charge is 1.89. The summed E-state index contributed by atoms with van der Waals surface area (Å²) in [4.78, 5) is 0. The maximum Gasteiger partial charge on any atom is 0.0428 e. The predicted molar refractivity (Wildman–Crippen MR) is 43.9 cm³/mol. The second kappa shape index (κ2) is 2.92. The Labute approximate surface area is 62.7 Å². The lowest BCUT2D eigenvalue weighted by Crippen LogP contribution is -1.80. The van der Waals surface area contributed by atoms with Crippen LogP contribution in [0.4, 0.5) is 0 Å². The van der Waals surface area contributed by atoms with Gasteiger partial charge in [-0.2, -0.15) is 12.6 Å². The first-order valence-corrected chi connectivity index (χ1v) is 3.39. The first kappa shape index (κ1) is 5.36. The minimum absolute atomic E-state index is 0.402. The van der Waals surface area contributed by atoms with Crippen LogP contribution in [0.1, 0.15) is 12.5 Å². The predicted octanol–water partition coefficient (Wildman–Crippen LogP) is 2.42. The molecule has 0 fully saturated rings. The molecule has 48 valence electrons. The van der Waals surface area contributed by atoms with Crippen molar-refractivity contribution in [3.63, 3.8) is 0 Å². The number of thiol groups is 1. The van der Waals surface area contributed by atoms with Gasteiger partial charge in [0.25, 0.3) is 0 Å². The first-order chi connectivity index (χ1) is 4.72. The lowest BCUT2D eigenvalue weighted by molar-refractivity contribution is 1.32. The summed E-state index contributed by atoms with van der Waals surface area (Å²) in [5.41, 5.74) is 1.73. The maximum atomic E-state index is 7.32. The van der Waals surface area contributed by atoms with Crippen molar-refractivity contribution in [1.29, 1.82) is 0 Å². The summed E-state index contributed by atoms with van der Waals surface area (Å²) >= 11 is 4.02. The van der Waals surface area contributed by atoms with E-state index in [9.17, 15) is 0 Å². The molecule has 1 unspecified atom stereocenters. The first-order valence-electron chi connectivity index (χ1n) is 3.45. The molecule has 1 atom stereocenters. The van der Waals surface area contributed by atoms with Crippen molar-refractivity contribution in [3.05, 3.63) is 35.4 Å². The minimum atomic E-state index is -0.402. The third-order valence-corrected chi connectivity index (χ3v) is 1.61. The molecule has 0 N–H and O–H groups in total. The van der Waals surface area contributed by atoms with Crippen LogP contribution in [0.15, 0.2) is 24.3 Å². The summed E-state index contributed by atoms with van der Waals surface area (Å²) in [5, 5.41) is 0. The van der Waals surface area contributed by atoms with E-state index < -0.39 is 5.73 Å². The molecular formula is C8H10S. The molecule has 0 amide bonds. The third kappa shape index (κ3) is 1.49. The molecule has 0 aliphatic heterocycles. The second-order valence-electron chi connectivity index (χ2n) is 1.99. The Morgan fingerprint density at radius 3 is 2.67 bits per heavy atom. The van der Waals surface area contributed by atoms with Crippen molar-refractivity contribution in [3.8, 4) is 0 Å². The molecule has 1 aromatic carbocycles. The molecule has 1 aromatic rings. The Balaban J connectivity index is 3.03. The number of rotatable bonds is 1. The van der Waals surface area contributed by atoms with Crippen molar-refractivity contribution in [2.75, 3.05) is 0 Å². The fraction of sp³-hybridized carbons (Fsp3) is 0.250. The highest BCUT2D eigenvalue weighted by atomic mass is 32.1. The molecule has 0 radical (unpaired) electrons. The Hall–Kier alpha value is -0.430. The molecule has 0 nitrogen and oxygen atoms in total. The Morgan fingerprint density at radius 1 is 1.56 bits per heavy atom. The fourth-order valence-corrected chi connectivity index (χ4v) is 1.02. The Kier molecular flexibility index (Phi) is 1.74. The normalized spacial score (nSPS) is 14.7. The minimum Gasteiger partial charge on any atom is -0.175 e. The molecule has 0 saturated carbocycles. The fourth-order valence-electron chi connectivity index (χ4n) is 0.732. The smallest absolute Gasteiger partial charge is 0.0428 e. The topological polar surface area (TPSA) is 0 Å². The van der Waals surface area contributed by atoms with Gasteiger partial charge < -0.3 is 0 Å². The number of hydrogen-bond donors (Lipinski definition) is 1. The van der Waals surface area contributed by atoms with E-state index in [1.807, 2.05) is 31.2 Å². The van der Waals surface area contributed by atoms with Gasteiger partial charge in [0.1, 0.15) is 0 Å². The van der Waals surface area contributed by atoms with Crippen LogP contribution in [0, 0.1) is 6.92 Å². The van der Waals surface area contributed by atoms with Gasteiger partial charge in [0.15, 0.2) is 0 Å². The van der Waals surface area contributed by atoms with Crippen LogP contribution in [0.2, 0.25) is 0 Å². The zero-order valence-corrected chi connectivity index (χ0v) is 6.23. The molecule has 1 rings (SSSR count). The zero-order valence-electron chi connectivity index (χ0n) is 6.33. The number of benzene rings is 1. The Morgan fingerprint density at radius 2 is 2.22 bits per heavy atom. The summed E-state index contributed by atoms with van der Waals surface area (Å²) < 4.78 is 7.32. The lowest BCUT2D eigenvalue weighted by Gasteiger charge is -1.98. The van der Waals surface area contributed by atoms with E-state index in [2.05, 4.69) is 12.6 Å². The van der Waals surface area contributed by atoms with Crippen LogP contribution in [0.5, 0.6) is 0 Å². The highest BCUT2D eigenvalue weighted by molar-refractivity contribution is 7.79. The largest absolute Gasteiger partial charge is 0.175 e. The van der Waals surface area contributed by atoms with E-state index in [1.54, 1.807) is 0 Å². The van der Waals surface area contributed by atoms with Crippen LogP contribution in [-0.4, -0.2) is 0 Å². The average molecular weight is 139 g/mol. The molecule has 0 heterocycles. The molecule has 0 saturated heterocycles. The molecule has 0 aromatic heterocycles. The van der Waals surface area contributed by atoms with Gasteiger partial charge in [-0.25, -0.2) is 0 Å². The summed E-state index contributed by atoms with van der Waals surface area (Å²) in [6, 6.07) is 7.82. The van der Waals surface area contributed by atoms with Gasteiger partial charge in [-0.3, -0.25) is 0 Å². The van der Waals surface area contributed by atoms with Gasteiger partial charge in [-0.15, -0.1) is 0 Å². The number of hydrogen-bond acceptors (Lipinski definition) is 1. The van der Waals surface area contributed by atoms with E-state index >= 15 is 0 Å². The van der Waals surface area contributed by atoms with Gasteiger partial charge >= 0.3 is 0 Å². The van der Waals surface area contributed by atoms with E-state index in [-0.39, 0.29) is 0 Å². The van der Waals surface area contributed by atoms with Crippen LogP contribution in [-0.2, 0) is 5.73 Å². The number of aryl methyl sites for hydroxylation is 1. The third-order valence-electron chi connectivity index (χ3n) is 1.33. The SMILES string of the molecule is [2H]C(S)c1ccccc1C. The van der Waals surface area contributed by atoms with Crippen LogP contribution in [0.25, 0.3) is 0 Å². The summed E-state index contributed by atoms with van der Waals surface area (Å²) in [7, 11) is 0. The summed E-state index contributed by atoms with van der Waals surface area (Å²) in [6.07, 6.45) is 0. The van der Waals surface area contributed by atoms with Crippen LogP contribution in [0.3, 0.4) is 0 Å². The highest BCUT2D eigenvalue weighted by Crippen LogP contribution is 2.08. The van der Waals surface area contributed by atoms with Crippen molar-refractivity contribution in [2.45, 2.75) is 12.7 Å². The molecule has 0 aliphatic carbocycles. The van der Waals surface area contributed by atoms with Crippen molar-refractivity contribution in [2.24, 2.45) is 0 Å². The van der Waals surface area contributed by atoms with E-state index in [1.165, 1.54) is 0 Å². The van der Waals surface area contributed by atoms with Crippen molar-refractivity contribution in [1.82, 2.24) is 0 Å². The van der Waals surface area contributed by atoms with Gasteiger partial charge in [0.2, 0.25) is 0 Å². The van der Waals surface area contributed by atoms with E-state index in [0.717, 1.165) is 11.1 Å². The summed E-state index contributed by atoms with van der Waals surface area (Å²) in [6.45, 7) is 1.99. The zero-order chi connectivity index (χ0) is 7.56. The molecule has 0 aliphatic rings. The average Bonchev–Trinajstić information content (AvgIpc) is 1.88. The summed E-state index contributed by atoms with van der Waals surface area (Å²) in [5.74, 6) is 0. The Bertz CT molecular complexity index is 220. The van der Waals surface area contributed by atoms with Gasteiger partial charge in [-0.1, -0.05) is 24.3 Å². The molecule has 0 spiro atoms. The quantitative estimate of drug-likeness (QED) is 0.567. The standard InChI is InChI=1S/C8H10S/c1-7-4-2-3-5-8(7)6-9/h2-5,9H,6H2,1H3/i6D. The molecule has 9 heavy (non-hydrogen) atoms. The van der Waals surface area contributed by atoms with Gasteiger partial charge in [0, 0.05) is 7.10 Å². The molecule has 1 heteroatoms. The maximum absolute atomic E-state index is 7.32. The monoisotopic (exact) mass is 139 g/mol. The van der Waals surface area contributed by atoms with Gasteiger partial charge in [0.05, 0.1) is 0 Å². The van der Waals surface area contributed by atoms with Gasteiger partial charge in [-0.05, 0) is 18.1 Å². The van der Waals surface area contributed by atoms with E-state index in [4.69, 9.17) is 1.37 Å². The van der Waals surface area contributed by atoms with E-state index in [0.29, 0.717) is 0 Å². The second-order valence-corrected chi connectivity index (χ2v) is 2.24. The van der Waals surface area contributed by atoms with Crippen molar-refractivity contribution >= 4 is 12.6 Å². The van der Waals surface area contributed by atoms with Crippen LogP contribution < -0.4 is 0 Å². The molecular weight excluding hydrogens is 128 g/mol.